The third kappa shape index (κ3) is 6.52. The van der Waals surface area contributed by atoms with Crippen molar-refractivity contribution in [2.45, 2.75) is 39.0 Å². The predicted molar refractivity (Wildman–Crippen MR) is 129 cm³/mol. The van der Waals surface area contributed by atoms with Crippen LogP contribution in [0.5, 0.6) is 0 Å². The minimum absolute atomic E-state index is 0.0366. The highest BCUT2D eigenvalue weighted by Crippen LogP contribution is 2.40. The summed E-state index contributed by atoms with van der Waals surface area (Å²) in [5.74, 6) is -2.72. The molecule has 0 saturated heterocycles. The second-order valence-electron chi connectivity index (χ2n) is 8.12. The molecule has 0 bridgehead atoms. The Hall–Kier alpha value is -3.85. The quantitative estimate of drug-likeness (QED) is 0.443. The first-order chi connectivity index (χ1) is 17.8. The molecule has 0 saturated carbocycles. The summed E-state index contributed by atoms with van der Waals surface area (Å²) < 4.78 is 59.7. The summed E-state index contributed by atoms with van der Waals surface area (Å²) in [7, 11) is 0. The number of carboxylic acid groups (broad SMARTS) is 1. The number of hydrogen-bond donors (Lipinski definition) is 2. The van der Waals surface area contributed by atoms with Gasteiger partial charge < -0.3 is 10.8 Å². The van der Waals surface area contributed by atoms with Gasteiger partial charge in [0.05, 0.1) is 18.8 Å². The molecule has 1 aliphatic rings. The Kier molecular flexibility index (Phi) is 8.83. The van der Waals surface area contributed by atoms with E-state index in [0.717, 1.165) is 37.8 Å². The van der Waals surface area contributed by atoms with E-state index in [1.54, 1.807) is 4.90 Å². The van der Waals surface area contributed by atoms with Crippen LogP contribution in [0.25, 0.3) is 0 Å². The van der Waals surface area contributed by atoms with Gasteiger partial charge in [-0.15, -0.1) is 11.3 Å². The van der Waals surface area contributed by atoms with Gasteiger partial charge >= 0.3 is 17.8 Å². The summed E-state index contributed by atoms with van der Waals surface area (Å²) in [5, 5.41) is 11.8. The number of carbonyl (C=O) groups is 2. The van der Waals surface area contributed by atoms with Crippen molar-refractivity contribution in [2.24, 2.45) is 5.73 Å². The number of fused-ring (bicyclic) bond motifs is 1. The molecular formula is C23H22F5N5O4S. The number of halogens is 5. The highest BCUT2D eigenvalue weighted by Gasteiger charge is 2.38. The third-order valence-corrected chi connectivity index (χ3v) is 6.55. The smallest absolute Gasteiger partial charge is 0.475 e. The van der Waals surface area contributed by atoms with Gasteiger partial charge in [0.1, 0.15) is 11.3 Å². The number of aryl methyl sites for hydroxylation is 2. The van der Waals surface area contributed by atoms with Gasteiger partial charge in [0, 0.05) is 23.4 Å². The number of carboxylic acids is 1. The highest BCUT2D eigenvalue weighted by atomic mass is 32.1. The molecule has 0 radical (unpaired) electrons. The molecule has 1 aromatic carbocycles. The van der Waals surface area contributed by atoms with E-state index >= 15 is 0 Å². The Morgan fingerprint density at radius 1 is 1.16 bits per heavy atom. The predicted octanol–water partition coefficient (Wildman–Crippen LogP) is 3.82. The zero-order valence-electron chi connectivity index (χ0n) is 19.8. The van der Waals surface area contributed by atoms with E-state index in [2.05, 4.69) is 5.10 Å². The normalized spacial score (nSPS) is 13.0. The summed E-state index contributed by atoms with van der Waals surface area (Å²) >= 11 is 1.41. The average Bonchev–Trinajstić information content (AvgIpc) is 3.44. The Labute approximate surface area is 216 Å². The van der Waals surface area contributed by atoms with Gasteiger partial charge in [-0.2, -0.15) is 27.1 Å². The molecule has 0 spiro atoms. The Morgan fingerprint density at radius 3 is 2.45 bits per heavy atom. The fourth-order valence-electron chi connectivity index (χ4n) is 3.66. The Morgan fingerprint density at radius 2 is 1.84 bits per heavy atom. The molecule has 0 unspecified atom stereocenters. The van der Waals surface area contributed by atoms with Gasteiger partial charge in [-0.05, 0) is 36.6 Å². The number of benzene rings is 1. The van der Waals surface area contributed by atoms with Gasteiger partial charge in [-0.25, -0.2) is 14.3 Å². The topological polar surface area (TPSA) is 123 Å². The molecule has 3 N–H and O–H groups in total. The molecule has 0 aliphatic carbocycles. The van der Waals surface area contributed by atoms with Crippen LogP contribution in [0.4, 0.5) is 32.6 Å². The summed E-state index contributed by atoms with van der Waals surface area (Å²) in [6.07, 6.45) is -4.50. The van der Waals surface area contributed by atoms with Gasteiger partial charge in [0.25, 0.3) is 6.08 Å². The SMILES string of the molecule is Cc1cccc2c1N(c1ccc(Cn3cnn(CC(CN)=C(F)F)c3=O)s1)C(=O)CC2.O=C(O)C(F)(F)F. The van der Waals surface area contributed by atoms with E-state index < -0.39 is 23.9 Å². The lowest BCUT2D eigenvalue weighted by Crippen LogP contribution is -2.30. The number of aromatic nitrogens is 3. The van der Waals surface area contributed by atoms with Crippen molar-refractivity contribution >= 4 is 33.9 Å². The molecule has 3 heterocycles. The molecule has 204 valence electrons. The Bertz CT molecular complexity index is 1420. The molecule has 2 aromatic heterocycles. The molecule has 15 heteroatoms. The van der Waals surface area contributed by atoms with Crippen molar-refractivity contribution in [1.29, 1.82) is 0 Å². The number of nitrogens with two attached hydrogens (primary N) is 1. The van der Waals surface area contributed by atoms with Crippen LogP contribution in [0.15, 0.2) is 53.1 Å². The number of alkyl halides is 3. The lowest BCUT2D eigenvalue weighted by atomic mass is 9.98. The summed E-state index contributed by atoms with van der Waals surface area (Å²) in [6.45, 7) is 1.52. The van der Waals surface area contributed by atoms with Gasteiger partial charge in [0.15, 0.2) is 0 Å². The van der Waals surface area contributed by atoms with Crippen molar-refractivity contribution in [1.82, 2.24) is 14.3 Å². The zero-order chi connectivity index (χ0) is 28.2. The molecule has 9 nitrogen and oxygen atoms in total. The largest absolute Gasteiger partial charge is 0.490 e. The number of rotatable bonds is 6. The van der Waals surface area contributed by atoms with E-state index in [9.17, 15) is 31.5 Å². The van der Waals surface area contributed by atoms with E-state index in [4.69, 9.17) is 15.6 Å². The third-order valence-electron chi connectivity index (χ3n) is 5.49. The molecule has 1 amide bonds. The molecule has 4 rings (SSSR count). The van der Waals surface area contributed by atoms with Crippen molar-refractivity contribution in [3.63, 3.8) is 0 Å². The van der Waals surface area contributed by atoms with E-state index in [-0.39, 0.29) is 31.1 Å². The number of aliphatic carboxylic acids is 1. The number of nitrogens with zero attached hydrogens (tertiary/aromatic N) is 4. The first kappa shape index (κ1) is 28.7. The summed E-state index contributed by atoms with van der Waals surface area (Å²) in [6, 6.07) is 9.73. The molecule has 1 aliphatic heterocycles. The molecule has 0 fully saturated rings. The number of anilines is 2. The maximum atomic E-state index is 12.8. The standard InChI is InChI=1S/C21H21F2N5O2S.C2HF3O2/c1-13-3-2-4-14-5-7-17(29)28(19(13)14)18-8-6-16(31-18)11-26-12-25-27(21(26)30)10-15(9-24)20(22)23;3-2(4,5)1(6)7/h2-4,6,8,12H,5,7,9-11,24H2,1H3;(H,6,7). The molecule has 3 aromatic rings. The van der Waals surface area contributed by atoms with Crippen LogP contribution in [0.1, 0.15) is 22.4 Å². The van der Waals surface area contributed by atoms with E-state index in [0.29, 0.717) is 6.42 Å². The Balaban J connectivity index is 0.000000505. The molecule has 0 atom stereocenters. The maximum absolute atomic E-state index is 12.8. The first-order valence-corrected chi connectivity index (χ1v) is 11.8. The lowest BCUT2D eigenvalue weighted by Gasteiger charge is -2.29. The van der Waals surface area contributed by atoms with Crippen LogP contribution in [-0.2, 0) is 29.1 Å². The lowest BCUT2D eigenvalue weighted by molar-refractivity contribution is -0.192. The average molecular weight is 560 g/mol. The van der Waals surface area contributed by atoms with Gasteiger partial charge in [0.2, 0.25) is 5.91 Å². The van der Waals surface area contributed by atoms with E-state index in [1.165, 1.54) is 22.2 Å². The van der Waals surface area contributed by atoms with Crippen LogP contribution in [0.3, 0.4) is 0 Å². The minimum Gasteiger partial charge on any atom is -0.475 e. The fourth-order valence-corrected chi connectivity index (χ4v) is 4.69. The minimum atomic E-state index is -5.08. The number of carbonyl (C=O) groups excluding carboxylic acids is 1. The highest BCUT2D eigenvalue weighted by molar-refractivity contribution is 7.16. The number of thiophene rings is 1. The van der Waals surface area contributed by atoms with Crippen LogP contribution >= 0.6 is 11.3 Å². The van der Waals surface area contributed by atoms with Crippen molar-refractivity contribution in [2.75, 3.05) is 11.4 Å². The fraction of sp³-hybridized carbons (Fsp3) is 0.304. The van der Waals surface area contributed by atoms with Crippen molar-refractivity contribution in [3.8, 4) is 0 Å². The number of para-hydroxylation sites is 1. The van der Waals surface area contributed by atoms with Crippen LogP contribution in [0.2, 0.25) is 0 Å². The van der Waals surface area contributed by atoms with Crippen molar-refractivity contribution < 1.29 is 36.6 Å². The summed E-state index contributed by atoms with van der Waals surface area (Å²) in [4.78, 5) is 36.7. The second-order valence-corrected chi connectivity index (χ2v) is 9.27. The maximum Gasteiger partial charge on any atom is 0.490 e. The molecular weight excluding hydrogens is 537 g/mol. The zero-order valence-corrected chi connectivity index (χ0v) is 20.7. The monoisotopic (exact) mass is 559 g/mol. The number of hydrogen-bond acceptors (Lipinski definition) is 6. The van der Waals surface area contributed by atoms with Crippen LogP contribution < -0.4 is 16.3 Å². The van der Waals surface area contributed by atoms with E-state index in [1.807, 2.05) is 37.3 Å². The van der Waals surface area contributed by atoms with Gasteiger partial charge in [-0.3, -0.25) is 14.3 Å². The van der Waals surface area contributed by atoms with Crippen molar-refractivity contribution in [3.05, 3.63) is 74.8 Å². The van der Waals surface area contributed by atoms with Crippen LogP contribution in [0, 0.1) is 6.92 Å². The second kappa shape index (κ2) is 11.7. The first-order valence-electron chi connectivity index (χ1n) is 11.0. The van der Waals surface area contributed by atoms with Gasteiger partial charge in [-0.1, -0.05) is 18.2 Å². The van der Waals surface area contributed by atoms with Crippen LogP contribution in [-0.4, -0.2) is 44.1 Å². The molecule has 38 heavy (non-hydrogen) atoms. The number of amides is 1. The summed E-state index contributed by atoms with van der Waals surface area (Å²) in [5.41, 5.74) is 7.57.